The van der Waals surface area contributed by atoms with Crippen LogP contribution in [0.5, 0.6) is 0 Å². The Labute approximate surface area is 40.2 Å². The second-order valence-electron chi connectivity index (χ2n) is 1.45. The maximum Gasteiger partial charge on any atom is -0.0223 e. The van der Waals surface area contributed by atoms with Gasteiger partial charge in [0.25, 0.3) is 0 Å². The maximum atomic E-state index is 2.33. The van der Waals surface area contributed by atoms with Crippen molar-refractivity contribution >= 4 is 14.4 Å². The number of rotatable bonds is 0. The Bertz CT molecular complexity index is 111. The van der Waals surface area contributed by atoms with E-state index in [-0.39, 0.29) is 0 Å². The zero-order valence-electron chi connectivity index (χ0n) is 4.05. The van der Waals surface area contributed by atoms with E-state index in [1.807, 2.05) is 0 Å². The molecule has 0 aliphatic rings. The fourth-order valence-electron chi connectivity index (χ4n) is 0.333. The van der Waals surface area contributed by atoms with Gasteiger partial charge in [-0.25, -0.2) is 0 Å². The van der Waals surface area contributed by atoms with E-state index >= 15 is 0 Å². The highest BCUT2D eigenvalue weighted by Gasteiger charge is 1.86. The maximum absolute atomic E-state index is 2.33. The topological polar surface area (TPSA) is 0 Å². The summed E-state index contributed by atoms with van der Waals surface area (Å²) in [6.45, 7) is 4.67. The van der Waals surface area contributed by atoms with Crippen LogP contribution in [0.3, 0.4) is 0 Å². The first-order valence-corrected chi connectivity index (χ1v) is 6.37. The molecular weight excluding hydrogens is 110 g/mol. The van der Waals surface area contributed by atoms with Gasteiger partial charge in [0.15, 0.2) is 0 Å². The van der Waals surface area contributed by atoms with E-state index in [0.29, 0.717) is 14.4 Å². The first kappa shape index (κ1) is 4.50. The Morgan fingerprint density at radius 3 is 1.33 bits per heavy atom. The SMILES string of the molecule is Cp1ccp1C. The monoisotopic (exact) mass is 118 g/mol. The molecule has 6 heavy (non-hydrogen) atoms. The summed E-state index contributed by atoms with van der Waals surface area (Å²) in [6.07, 6.45) is 0. The minimum atomic E-state index is 0.405. The molecule has 0 fully saturated rings. The van der Waals surface area contributed by atoms with E-state index < -0.39 is 0 Å². The molecule has 0 amide bonds. The minimum absolute atomic E-state index is 0.405. The largest absolute Gasteiger partial charge is 0.108 e. The number of aryl methyl sites for hydroxylation is 2. The summed E-state index contributed by atoms with van der Waals surface area (Å²) >= 11 is 0. The lowest BCUT2D eigenvalue weighted by Gasteiger charge is -2.00. The van der Waals surface area contributed by atoms with E-state index in [1.165, 1.54) is 0 Å². The fraction of sp³-hybridized carbons (Fsp3) is 0.500. The Morgan fingerprint density at radius 1 is 1.00 bits per heavy atom. The van der Waals surface area contributed by atoms with Gasteiger partial charge in [-0.05, 0) is 24.9 Å². The molecule has 34 valence electrons. The lowest BCUT2D eigenvalue weighted by Crippen LogP contribution is -1.49. The Morgan fingerprint density at radius 2 is 1.33 bits per heavy atom. The van der Waals surface area contributed by atoms with Crippen LogP contribution in [0.15, 0.2) is 11.6 Å². The van der Waals surface area contributed by atoms with E-state index in [1.54, 1.807) is 0 Å². The predicted octanol–water partition coefficient (Wildman–Crippen LogP) is 2.73. The van der Waals surface area contributed by atoms with Gasteiger partial charge in [0.05, 0.1) is 0 Å². The molecule has 0 aliphatic heterocycles. The summed E-state index contributed by atoms with van der Waals surface area (Å²) in [5.41, 5.74) is 0. The van der Waals surface area contributed by atoms with E-state index in [2.05, 4.69) is 24.9 Å². The summed E-state index contributed by atoms with van der Waals surface area (Å²) < 4.78 is 0. The molecule has 0 radical (unpaired) electrons. The normalized spacial score (nSPS) is 15.7. The molecule has 0 bridgehead atoms. The zero-order valence-corrected chi connectivity index (χ0v) is 5.84. The van der Waals surface area contributed by atoms with E-state index in [9.17, 15) is 0 Å². The molecule has 2 atom stereocenters. The first-order chi connectivity index (χ1) is 2.80. The van der Waals surface area contributed by atoms with Crippen LogP contribution in [-0.2, 0) is 13.3 Å². The van der Waals surface area contributed by atoms with Gasteiger partial charge < -0.3 is 0 Å². The highest BCUT2D eigenvalue weighted by atomic mass is 31.9. The lowest BCUT2D eigenvalue weighted by molar-refractivity contribution is 2.04. The predicted molar refractivity (Wildman–Crippen MR) is 33.8 cm³/mol. The molecule has 1 aromatic heterocycles. The summed E-state index contributed by atoms with van der Waals surface area (Å²) in [5, 5.41) is 0. The molecular formula is C4H8P2. The minimum Gasteiger partial charge on any atom is -0.108 e. The van der Waals surface area contributed by atoms with Crippen LogP contribution in [0.1, 0.15) is 0 Å². The van der Waals surface area contributed by atoms with Crippen molar-refractivity contribution in [3.63, 3.8) is 0 Å². The van der Waals surface area contributed by atoms with Gasteiger partial charge in [0.1, 0.15) is 0 Å². The Kier molecular flexibility index (Phi) is 1.08. The molecule has 1 aromatic rings. The molecule has 1 heterocycles. The molecule has 2 unspecified atom stereocenters. The van der Waals surface area contributed by atoms with Crippen molar-refractivity contribution in [1.82, 2.24) is 0 Å². The summed E-state index contributed by atoms with van der Waals surface area (Å²) in [4.78, 5) is 0. The van der Waals surface area contributed by atoms with Gasteiger partial charge in [-0.3, -0.25) is 0 Å². The van der Waals surface area contributed by atoms with Crippen molar-refractivity contribution < 1.29 is 0 Å². The zero-order chi connectivity index (χ0) is 4.57. The average Bonchev–Trinajstić information content (AvgIpc) is 1.61. The van der Waals surface area contributed by atoms with Crippen LogP contribution in [0.4, 0.5) is 0 Å². The molecule has 0 saturated heterocycles. The summed E-state index contributed by atoms with van der Waals surface area (Å²) in [6, 6.07) is 0. The lowest BCUT2D eigenvalue weighted by atomic mass is 11.2. The van der Waals surface area contributed by atoms with Crippen molar-refractivity contribution in [2.75, 3.05) is 0 Å². The second-order valence-corrected chi connectivity index (χ2v) is 8.12. The van der Waals surface area contributed by atoms with Crippen LogP contribution >= 0.6 is 14.4 Å². The molecule has 0 spiro atoms. The van der Waals surface area contributed by atoms with Crippen LogP contribution in [0.2, 0.25) is 0 Å². The molecule has 0 nitrogen and oxygen atoms in total. The third-order valence-electron chi connectivity index (χ3n) is 0.996. The van der Waals surface area contributed by atoms with Crippen molar-refractivity contribution in [1.29, 1.82) is 0 Å². The smallest absolute Gasteiger partial charge is 0.0223 e. The van der Waals surface area contributed by atoms with Gasteiger partial charge in [0.2, 0.25) is 0 Å². The van der Waals surface area contributed by atoms with Crippen molar-refractivity contribution in [2.24, 2.45) is 13.3 Å². The van der Waals surface area contributed by atoms with Crippen LogP contribution in [0, 0.1) is 0 Å². The fourth-order valence-corrected chi connectivity index (χ4v) is 3.00. The highest BCUT2D eigenvalue weighted by Crippen LogP contribution is 2.50. The van der Waals surface area contributed by atoms with Crippen molar-refractivity contribution in [2.45, 2.75) is 0 Å². The standard InChI is InChI=1S/C4H8P2/c1-5-3-4-6(5)2/h3-4H,1-2H3. The van der Waals surface area contributed by atoms with Gasteiger partial charge >= 0.3 is 0 Å². The summed E-state index contributed by atoms with van der Waals surface area (Å²) in [7, 11) is 0.811. The average molecular weight is 118 g/mol. The van der Waals surface area contributed by atoms with E-state index in [0.717, 1.165) is 0 Å². The number of hydrogen-bond donors (Lipinski definition) is 0. The third-order valence-corrected chi connectivity index (χ3v) is 7.17. The second kappa shape index (κ2) is 1.45. The molecule has 2 heteroatoms. The summed E-state index contributed by atoms with van der Waals surface area (Å²) in [5.74, 6) is 4.67. The highest BCUT2D eigenvalue weighted by molar-refractivity contribution is 8.08. The molecule has 1 rings (SSSR count). The third kappa shape index (κ3) is 0.555. The number of hydrogen-bond acceptors (Lipinski definition) is 0. The first-order valence-electron chi connectivity index (χ1n) is 1.94. The molecule has 0 aliphatic carbocycles. The Balaban J connectivity index is 2.87. The molecule has 0 N–H and O–H groups in total. The van der Waals surface area contributed by atoms with Crippen LogP contribution in [-0.4, -0.2) is 0 Å². The van der Waals surface area contributed by atoms with Gasteiger partial charge in [-0.15, -0.1) is 14.4 Å². The van der Waals surface area contributed by atoms with E-state index in [4.69, 9.17) is 0 Å². The quantitative estimate of drug-likeness (QED) is 0.491. The molecule has 0 aromatic carbocycles. The van der Waals surface area contributed by atoms with Crippen LogP contribution in [0.25, 0.3) is 0 Å². The molecule has 0 saturated carbocycles. The Hall–Kier alpha value is 0.340. The van der Waals surface area contributed by atoms with Crippen molar-refractivity contribution in [3.05, 3.63) is 11.6 Å². The van der Waals surface area contributed by atoms with Gasteiger partial charge in [-0.2, -0.15) is 0 Å². The van der Waals surface area contributed by atoms with Crippen LogP contribution < -0.4 is 0 Å². The van der Waals surface area contributed by atoms with Gasteiger partial charge in [0, 0.05) is 0 Å². The van der Waals surface area contributed by atoms with Gasteiger partial charge in [-0.1, -0.05) is 0 Å². The van der Waals surface area contributed by atoms with Crippen molar-refractivity contribution in [3.8, 4) is 0 Å².